The Balaban J connectivity index is 1.76. The molecule has 2 aromatic rings. The minimum atomic E-state index is -3.69. The van der Waals surface area contributed by atoms with Crippen molar-refractivity contribution in [1.82, 2.24) is 9.62 Å². The highest BCUT2D eigenvalue weighted by Crippen LogP contribution is 2.33. The van der Waals surface area contributed by atoms with Gasteiger partial charge in [-0.15, -0.1) is 0 Å². The van der Waals surface area contributed by atoms with Gasteiger partial charge in [0.1, 0.15) is 5.82 Å². The Hall–Kier alpha value is -2.25. The number of piperidine rings is 1. The first-order valence-corrected chi connectivity index (χ1v) is 11.2. The first-order valence-electron chi connectivity index (χ1n) is 9.72. The molecule has 3 rings (SSSR count). The fourth-order valence-electron chi connectivity index (χ4n) is 3.75. The molecule has 29 heavy (non-hydrogen) atoms. The lowest BCUT2D eigenvalue weighted by molar-refractivity contribution is -0.132. The fraction of sp³-hybridized carbons (Fsp3) is 0.409. The number of carbonyl (C=O) groups excluding carboxylic acids is 1. The molecule has 1 saturated heterocycles. The number of sulfonamides is 1. The first kappa shape index (κ1) is 21.5. The molecule has 1 aliphatic heterocycles. The molecule has 0 aromatic heterocycles. The van der Waals surface area contributed by atoms with Crippen molar-refractivity contribution in [3.8, 4) is 0 Å². The van der Waals surface area contributed by atoms with Gasteiger partial charge in [0.25, 0.3) is 0 Å². The predicted octanol–water partition coefficient (Wildman–Crippen LogP) is 3.55. The highest BCUT2D eigenvalue weighted by Gasteiger charge is 2.42. The second-order valence-corrected chi connectivity index (χ2v) is 9.99. The maximum atomic E-state index is 13.3. The van der Waals surface area contributed by atoms with Crippen LogP contribution in [0.5, 0.6) is 0 Å². The van der Waals surface area contributed by atoms with Gasteiger partial charge in [-0.3, -0.25) is 4.79 Å². The normalized spacial score (nSPS) is 20.4. The highest BCUT2D eigenvalue weighted by atomic mass is 32.2. The van der Waals surface area contributed by atoms with Gasteiger partial charge in [0, 0.05) is 19.6 Å². The fourth-order valence-corrected chi connectivity index (χ4v) is 5.66. The van der Waals surface area contributed by atoms with Crippen LogP contribution >= 0.6 is 0 Å². The van der Waals surface area contributed by atoms with Crippen LogP contribution in [0.2, 0.25) is 0 Å². The zero-order chi connectivity index (χ0) is 21.2. The van der Waals surface area contributed by atoms with Gasteiger partial charge in [-0.05, 0) is 68.5 Å². The number of rotatable bonds is 5. The minimum Gasteiger partial charge on any atom is -0.352 e. The SMILES string of the molecule is Cc1ccc(C)c(S(=O)(=O)N2CCC[C@@](C)(C(=O)NCc3cccc(F)c3)C2)c1. The van der Waals surface area contributed by atoms with Gasteiger partial charge in [-0.2, -0.15) is 4.31 Å². The summed E-state index contributed by atoms with van der Waals surface area (Å²) >= 11 is 0. The van der Waals surface area contributed by atoms with Crippen molar-refractivity contribution in [1.29, 1.82) is 0 Å². The van der Waals surface area contributed by atoms with Crippen molar-refractivity contribution in [3.63, 3.8) is 0 Å². The molecule has 0 aliphatic carbocycles. The summed E-state index contributed by atoms with van der Waals surface area (Å²) in [4.78, 5) is 13.2. The number of nitrogens with one attached hydrogen (secondary N) is 1. The Labute approximate surface area is 172 Å². The first-order chi connectivity index (χ1) is 13.6. The third-order valence-electron chi connectivity index (χ3n) is 5.51. The molecule has 156 valence electrons. The van der Waals surface area contributed by atoms with Crippen LogP contribution in [0.1, 0.15) is 36.5 Å². The summed E-state index contributed by atoms with van der Waals surface area (Å²) in [6.45, 7) is 6.15. The van der Waals surface area contributed by atoms with Crippen LogP contribution < -0.4 is 5.32 Å². The van der Waals surface area contributed by atoms with Gasteiger partial charge >= 0.3 is 0 Å². The van der Waals surface area contributed by atoms with E-state index in [1.165, 1.54) is 16.4 Å². The lowest BCUT2D eigenvalue weighted by Gasteiger charge is -2.38. The molecule has 5 nitrogen and oxygen atoms in total. The second kappa shape index (κ2) is 8.24. The van der Waals surface area contributed by atoms with Crippen molar-refractivity contribution in [3.05, 3.63) is 65.0 Å². The molecule has 0 unspecified atom stereocenters. The van der Waals surface area contributed by atoms with E-state index in [4.69, 9.17) is 0 Å². The number of aryl methyl sites for hydroxylation is 2. The van der Waals surface area contributed by atoms with Crippen LogP contribution in [0.4, 0.5) is 4.39 Å². The van der Waals surface area contributed by atoms with Crippen LogP contribution in [-0.2, 0) is 21.4 Å². The summed E-state index contributed by atoms with van der Waals surface area (Å²) in [5.41, 5.74) is 1.40. The van der Waals surface area contributed by atoms with Gasteiger partial charge in [0.15, 0.2) is 0 Å². The van der Waals surface area contributed by atoms with Crippen LogP contribution in [0.3, 0.4) is 0 Å². The molecule has 1 atom stereocenters. The summed E-state index contributed by atoms with van der Waals surface area (Å²) in [7, 11) is -3.69. The zero-order valence-corrected chi connectivity index (χ0v) is 17.9. The maximum absolute atomic E-state index is 13.3. The van der Waals surface area contributed by atoms with Crippen molar-refractivity contribution in [2.75, 3.05) is 13.1 Å². The zero-order valence-electron chi connectivity index (χ0n) is 17.0. The molecule has 1 fully saturated rings. The molecule has 0 spiro atoms. The topological polar surface area (TPSA) is 66.5 Å². The molecule has 0 saturated carbocycles. The number of benzene rings is 2. The molecule has 1 amide bonds. The van der Waals surface area contributed by atoms with Gasteiger partial charge < -0.3 is 5.32 Å². The largest absolute Gasteiger partial charge is 0.352 e. The third-order valence-corrected chi connectivity index (χ3v) is 7.50. The van der Waals surface area contributed by atoms with Crippen molar-refractivity contribution in [2.45, 2.75) is 45.1 Å². The standard InChI is InChI=1S/C22H27FN2O3S/c1-16-8-9-17(2)20(12-16)29(27,28)25-11-5-10-22(3,15-25)21(26)24-14-18-6-4-7-19(23)13-18/h4,6-9,12-13H,5,10-11,14-15H2,1-3H3,(H,24,26)/t22-/m1/s1. The quantitative estimate of drug-likeness (QED) is 0.808. The maximum Gasteiger partial charge on any atom is 0.243 e. The summed E-state index contributed by atoms with van der Waals surface area (Å²) in [6.07, 6.45) is 1.20. The Morgan fingerprint density at radius 1 is 1.21 bits per heavy atom. The summed E-state index contributed by atoms with van der Waals surface area (Å²) in [5.74, 6) is -0.575. The second-order valence-electron chi connectivity index (χ2n) is 8.08. The third kappa shape index (κ3) is 4.67. The van der Waals surface area contributed by atoms with E-state index in [0.29, 0.717) is 35.4 Å². The van der Waals surface area contributed by atoms with Gasteiger partial charge in [-0.25, -0.2) is 12.8 Å². The molecule has 0 radical (unpaired) electrons. The van der Waals surface area contributed by atoms with Crippen LogP contribution in [-0.4, -0.2) is 31.7 Å². The number of halogens is 1. The average molecular weight is 419 g/mol. The van der Waals surface area contributed by atoms with Crippen molar-refractivity contribution < 1.29 is 17.6 Å². The Morgan fingerprint density at radius 2 is 1.97 bits per heavy atom. The summed E-state index contributed by atoms with van der Waals surface area (Å²) in [5, 5.41) is 2.84. The van der Waals surface area contributed by atoms with Crippen molar-refractivity contribution >= 4 is 15.9 Å². The Bertz CT molecular complexity index is 1020. The molecule has 1 heterocycles. The minimum absolute atomic E-state index is 0.123. The molecule has 1 N–H and O–H groups in total. The van der Waals surface area contributed by atoms with Gasteiger partial charge in [0.05, 0.1) is 10.3 Å². The highest BCUT2D eigenvalue weighted by molar-refractivity contribution is 7.89. The van der Waals surface area contributed by atoms with Crippen LogP contribution in [0.25, 0.3) is 0 Å². The monoisotopic (exact) mass is 418 g/mol. The van der Waals surface area contributed by atoms with E-state index in [9.17, 15) is 17.6 Å². The molecular formula is C22H27FN2O3S. The smallest absolute Gasteiger partial charge is 0.243 e. The van der Waals surface area contributed by atoms with E-state index in [1.54, 1.807) is 38.1 Å². The lowest BCUT2D eigenvalue weighted by Crippen LogP contribution is -2.51. The van der Waals surface area contributed by atoms with E-state index in [0.717, 1.165) is 5.56 Å². The Morgan fingerprint density at radius 3 is 2.69 bits per heavy atom. The number of amides is 1. The molecular weight excluding hydrogens is 391 g/mol. The molecule has 2 aromatic carbocycles. The van der Waals surface area contributed by atoms with E-state index >= 15 is 0 Å². The van der Waals surface area contributed by atoms with Gasteiger partial charge in [0.2, 0.25) is 15.9 Å². The van der Waals surface area contributed by atoms with E-state index in [2.05, 4.69) is 5.32 Å². The number of hydrogen-bond donors (Lipinski definition) is 1. The molecule has 0 bridgehead atoms. The van der Waals surface area contributed by atoms with Crippen LogP contribution in [0, 0.1) is 25.1 Å². The summed E-state index contributed by atoms with van der Waals surface area (Å²) in [6, 6.07) is 11.4. The summed E-state index contributed by atoms with van der Waals surface area (Å²) < 4.78 is 41.2. The number of nitrogens with zero attached hydrogens (tertiary/aromatic N) is 1. The Kier molecular flexibility index (Phi) is 6.10. The van der Waals surface area contributed by atoms with Crippen LogP contribution in [0.15, 0.2) is 47.4 Å². The molecule has 1 aliphatic rings. The van der Waals surface area contributed by atoms with Gasteiger partial charge in [-0.1, -0.05) is 24.3 Å². The average Bonchev–Trinajstić information content (AvgIpc) is 2.68. The van der Waals surface area contributed by atoms with E-state index in [1.807, 2.05) is 13.0 Å². The van der Waals surface area contributed by atoms with E-state index < -0.39 is 15.4 Å². The number of hydrogen-bond acceptors (Lipinski definition) is 3. The molecule has 7 heteroatoms. The van der Waals surface area contributed by atoms with E-state index in [-0.39, 0.29) is 24.8 Å². The lowest BCUT2D eigenvalue weighted by atomic mass is 9.82. The van der Waals surface area contributed by atoms with Crippen molar-refractivity contribution in [2.24, 2.45) is 5.41 Å². The predicted molar refractivity (Wildman–Crippen MR) is 110 cm³/mol. The number of carbonyl (C=O) groups is 1.